The SMILES string of the molecule is Cc1ccc2cccc(NC(=O)c3ccc(=O)n(-c4ccc(F)cc4)n3)c2n1. The van der Waals surface area contributed by atoms with E-state index in [0.717, 1.165) is 15.8 Å². The minimum atomic E-state index is -0.480. The van der Waals surface area contributed by atoms with Crippen LogP contribution in [0.2, 0.25) is 0 Å². The van der Waals surface area contributed by atoms with Crippen molar-refractivity contribution in [2.24, 2.45) is 0 Å². The van der Waals surface area contributed by atoms with E-state index < -0.39 is 17.3 Å². The molecule has 0 radical (unpaired) electrons. The number of rotatable bonds is 3. The summed E-state index contributed by atoms with van der Waals surface area (Å²) in [4.78, 5) is 29.3. The Labute approximate surface area is 159 Å². The van der Waals surface area contributed by atoms with Gasteiger partial charge in [-0.05, 0) is 49.4 Å². The molecule has 4 aromatic rings. The summed E-state index contributed by atoms with van der Waals surface area (Å²) in [7, 11) is 0. The van der Waals surface area contributed by atoms with E-state index in [2.05, 4.69) is 15.4 Å². The van der Waals surface area contributed by atoms with Gasteiger partial charge < -0.3 is 5.32 Å². The molecule has 138 valence electrons. The van der Waals surface area contributed by atoms with Gasteiger partial charge >= 0.3 is 0 Å². The van der Waals surface area contributed by atoms with Crippen molar-refractivity contribution in [1.29, 1.82) is 0 Å². The van der Waals surface area contributed by atoms with Gasteiger partial charge in [0.15, 0.2) is 0 Å². The van der Waals surface area contributed by atoms with E-state index in [1.807, 2.05) is 31.2 Å². The van der Waals surface area contributed by atoms with Crippen LogP contribution in [0, 0.1) is 12.7 Å². The van der Waals surface area contributed by atoms with E-state index in [4.69, 9.17) is 0 Å². The average molecular weight is 374 g/mol. The lowest BCUT2D eigenvalue weighted by molar-refractivity contribution is 0.102. The fourth-order valence-corrected chi connectivity index (χ4v) is 2.83. The Hall–Kier alpha value is -3.87. The average Bonchev–Trinajstić information content (AvgIpc) is 2.69. The number of pyridine rings is 1. The maximum atomic E-state index is 13.1. The van der Waals surface area contributed by atoms with Gasteiger partial charge in [-0.3, -0.25) is 14.6 Å². The summed E-state index contributed by atoms with van der Waals surface area (Å²) in [6.45, 7) is 1.87. The predicted molar refractivity (Wildman–Crippen MR) is 104 cm³/mol. The zero-order chi connectivity index (χ0) is 19.7. The molecule has 0 atom stereocenters. The monoisotopic (exact) mass is 374 g/mol. The van der Waals surface area contributed by atoms with Crippen LogP contribution in [0.1, 0.15) is 16.2 Å². The molecule has 2 heterocycles. The van der Waals surface area contributed by atoms with Gasteiger partial charge in [-0.2, -0.15) is 9.78 Å². The van der Waals surface area contributed by atoms with Crippen molar-refractivity contribution in [2.75, 3.05) is 5.32 Å². The van der Waals surface area contributed by atoms with Crippen LogP contribution in [0.3, 0.4) is 0 Å². The zero-order valence-corrected chi connectivity index (χ0v) is 14.9. The Morgan fingerprint density at radius 2 is 1.79 bits per heavy atom. The van der Waals surface area contributed by atoms with Crippen LogP contribution in [-0.4, -0.2) is 20.7 Å². The quantitative estimate of drug-likeness (QED) is 0.596. The van der Waals surface area contributed by atoms with Crippen molar-refractivity contribution < 1.29 is 9.18 Å². The highest BCUT2D eigenvalue weighted by molar-refractivity contribution is 6.07. The molecule has 0 saturated carbocycles. The van der Waals surface area contributed by atoms with E-state index in [1.165, 1.54) is 36.4 Å². The van der Waals surface area contributed by atoms with Gasteiger partial charge in [-0.25, -0.2) is 4.39 Å². The second-order valence-electron chi connectivity index (χ2n) is 6.23. The van der Waals surface area contributed by atoms with Crippen molar-refractivity contribution >= 4 is 22.5 Å². The summed E-state index contributed by atoms with van der Waals surface area (Å²) in [6.07, 6.45) is 0. The normalized spacial score (nSPS) is 10.8. The van der Waals surface area contributed by atoms with E-state index in [-0.39, 0.29) is 5.69 Å². The van der Waals surface area contributed by atoms with Crippen LogP contribution in [0.25, 0.3) is 16.6 Å². The Balaban J connectivity index is 1.70. The van der Waals surface area contributed by atoms with Crippen LogP contribution in [0.5, 0.6) is 0 Å². The molecule has 28 heavy (non-hydrogen) atoms. The fraction of sp³-hybridized carbons (Fsp3) is 0.0476. The number of nitrogens with zero attached hydrogens (tertiary/aromatic N) is 3. The van der Waals surface area contributed by atoms with Gasteiger partial charge in [-0.1, -0.05) is 18.2 Å². The number of carbonyl (C=O) groups is 1. The largest absolute Gasteiger partial charge is 0.319 e. The Kier molecular flexibility index (Phi) is 4.41. The lowest BCUT2D eigenvalue weighted by Gasteiger charge is -2.10. The lowest BCUT2D eigenvalue weighted by Crippen LogP contribution is -2.25. The highest BCUT2D eigenvalue weighted by Gasteiger charge is 2.13. The van der Waals surface area contributed by atoms with Crippen LogP contribution in [0.4, 0.5) is 10.1 Å². The van der Waals surface area contributed by atoms with Crippen molar-refractivity contribution in [3.05, 3.63) is 94.3 Å². The number of hydrogen-bond acceptors (Lipinski definition) is 4. The first kappa shape index (κ1) is 17.5. The zero-order valence-electron chi connectivity index (χ0n) is 14.9. The van der Waals surface area contributed by atoms with Crippen molar-refractivity contribution in [3.8, 4) is 5.69 Å². The highest BCUT2D eigenvalue weighted by atomic mass is 19.1. The molecular formula is C21H15FN4O2. The lowest BCUT2D eigenvalue weighted by atomic mass is 10.1. The molecule has 7 heteroatoms. The molecule has 0 aliphatic carbocycles. The first-order valence-electron chi connectivity index (χ1n) is 8.55. The molecule has 2 aromatic carbocycles. The topological polar surface area (TPSA) is 76.9 Å². The van der Waals surface area contributed by atoms with E-state index >= 15 is 0 Å². The number of aryl methyl sites for hydroxylation is 1. The summed E-state index contributed by atoms with van der Waals surface area (Å²) in [5.41, 5.74) is 2.04. The van der Waals surface area contributed by atoms with E-state index in [9.17, 15) is 14.0 Å². The molecule has 1 N–H and O–H groups in total. The standard InChI is InChI=1S/C21H15FN4O2/c1-13-5-6-14-3-2-4-17(20(14)23-13)24-21(28)18-11-12-19(27)26(25-18)16-9-7-15(22)8-10-16/h2-12H,1H3,(H,24,28). The van der Waals surface area contributed by atoms with Gasteiger partial charge in [0.05, 0.1) is 16.9 Å². The van der Waals surface area contributed by atoms with Gasteiger partial charge in [0.1, 0.15) is 11.5 Å². The number of nitrogens with one attached hydrogen (secondary N) is 1. The molecule has 0 aliphatic heterocycles. The maximum absolute atomic E-state index is 13.1. The van der Waals surface area contributed by atoms with Gasteiger partial charge in [0.2, 0.25) is 0 Å². The minimum absolute atomic E-state index is 0.0496. The Bertz CT molecular complexity index is 1250. The molecule has 0 spiro atoms. The molecule has 0 unspecified atom stereocenters. The summed E-state index contributed by atoms with van der Waals surface area (Å²) in [5, 5.41) is 7.81. The number of halogens is 1. The van der Waals surface area contributed by atoms with Crippen LogP contribution in [-0.2, 0) is 0 Å². The van der Waals surface area contributed by atoms with Crippen LogP contribution < -0.4 is 10.9 Å². The molecule has 4 rings (SSSR count). The number of benzene rings is 2. The summed E-state index contributed by atoms with van der Waals surface area (Å²) in [6, 6.07) is 17.2. The molecule has 0 saturated heterocycles. The molecule has 0 fully saturated rings. The fourth-order valence-electron chi connectivity index (χ4n) is 2.83. The third-order valence-electron chi connectivity index (χ3n) is 4.21. The number of aromatic nitrogens is 3. The van der Waals surface area contributed by atoms with Crippen LogP contribution >= 0.6 is 0 Å². The summed E-state index contributed by atoms with van der Waals surface area (Å²) in [5.74, 6) is -0.906. The number of amides is 1. The van der Waals surface area contributed by atoms with Crippen molar-refractivity contribution in [3.63, 3.8) is 0 Å². The molecule has 0 bridgehead atoms. The Morgan fingerprint density at radius 3 is 2.57 bits per heavy atom. The van der Waals surface area contributed by atoms with E-state index in [1.54, 1.807) is 6.07 Å². The molecular weight excluding hydrogens is 359 g/mol. The Morgan fingerprint density at radius 1 is 1.00 bits per heavy atom. The second-order valence-corrected chi connectivity index (χ2v) is 6.23. The second kappa shape index (κ2) is 7.03. The number of para-hydroxylation sites is 1. The van der Waals surface area contributed by atoms with E-state index in [0.29, 0.717) is 16.9 Å². The van der Waals surface area contributed by atoms with Crippen molar-refractivity contribution in [1.82, 2.24) is 14.8 Å². The van der Waals surface area contributed by atoms with Gasteiger partial charge in [-0.15, -0.1) is 0 Å². The minimum Gasteiger partial charge on any atom is -0.319 e. The molecule has 6 nitrogen and oxygen atoms in total. The first-order chi connectivity index (χ1) is 13.5. The van der Waals surface area contributed by atoms with Gasteiger partial charge in [0, 0.05) is 17.1 Å². The van der Waals surface area contributed by atoms with Crippen molar-refractivity contribution in [2.45, 2.75) is 6.92 Å². The number of hydrogen-bond donors (Lipinski definition) is 1. The van der Waals surface area contributed by atoms with Gasteiger partial charge in [0.25, 0.3) is 11.5 Å². The third-order valence-corrected chi connectivity index (χ3v) is 4.21. The predicted octanol–water partition coefficient (Wildman–Crippen LogP) is 3.48. The summed E-state index contributed by atoms with van der Waals surface area (Å²) >= 11 is 0. The maximum Gasteiger partial charge on any atom is 0.276 e. The number of carbonyl (C=O) groups excluding carboxylic acids is 1. The molecule has 1 amide bonds. The number of fused-ring (bicyclic) bond motifs is 1. The molecule has 2 aromatic heterocycles. The van der Waals surface area contributed by atoms with Crippen LogP contribution in [0.15, 0.2) is 71.5 Å². The molecule has 0 aliphatic rings. The highest BCUT2D eigenvalue weighted by Crippen LogP contribution is 2.22. The summed E-state index contributed by atoms with van der Waals surface area (Å²) < 4.78 is 14.2. The number of anilines is 1. The first-order valence-corrected chi connectivity index (χ1v) is 8.55. The smallest absolute Gasteiger partial charge is 0.276 e. The third kappa shape index (κ3) is 3.37.